The molecule has 0 atom stereocenters. The maximum Gasteiger partial charge on any atom is 0.476 e. The third-order valence-corrected chi connectivity index (χ3v) is 5.84. The predicted molar refractivity (Wildman–Crippen MR) is 112 cm³/mol. The van der Waals surface area contributed by atoms with Crippen molar-refractivity contribution in [3.63, 3.8) is 0 Å². The highest BCUT2D eigenvalue weighted by atomic mass is 31.2. The Morgan fingerprint density at radius 2 is 1.57 bits per heavy atom. The first-order valence-electron chi connectivity index (χ1n) is 9.83. The smallest absolute Gasteiger partial charge is 0.399 e. The molecular formula is C20H32N3O4P. The second-order valence-corrected chi connectivity index (χ2v) is 8.42. The van der Waals surface area contributed by atoms with Crippen LogP contribution in [-0.2, 0) is 24.9 Å². The quantitative estimate of drug-likeness (QED) is 0.284. The molecule has 0 aliphatic rings. The molecule has 0 unspecified atom stereocenters. The Bertz CT molecular complexity index is 775. The first-order valence-corrected chi connectivity index (χ1v) is 11.3. The first kappa shape index (κ1) is 22.6. The van der Waals surface area contributed by atoms with E-state index in [1.807, 2.05) is 52.0 Å². The maximum atomic E-state index is 12.9. The standard InChI is InChI=1S/C20H32N3O4P/c1-5-7-13-25-28(24,26-14-8-6-2)27-15-23-17(4)20(16(3)22-23)18-9-11-19(21)12-10-18/h9-12H,5-8,13-15,21H2,1-4H3. The summed E-state index contributed by atoms with van der Waals surface area (Å²) in [6.07, 6.45) is 3.48. The Morgan fingerprint density at radius 1 is 1.00 bits per heavy atom. The van der Waals surface area contributed by atoms with Gasteiger partial charge >= 0.3 is 7.82 Å². The fourth-order valence-electron chi connectivity index (χ4n) is 2.77. The lowest BCUT2D eigenvalue weighted by molar-refractivity contribution is 0.0831. The zero-order valence-electron chi connectivity index (χ0n) is 17.3. The maximum absolute atomic E-state index is 12.9. The van der Waals surface area contributed by atoms with Crippen LogP contribution in [0.5, 0.6) is 0 Å². The van der Waals surface area contributed by atoms with Gasteiger partial charge in [0.25, 0.3) is 0 Å². The van der Waals surface area contributed by atoms with E-state index in [9.17, 15) is 4.57 Å². The number of nitrogen functional groups attached to an aromatic ring is 1. The van der Waals surface area contributed by atoms with Crippen molar-refractivity contribution in [2.45, 2.75) is 60.1 Å². The van der Waals surface area contributed by atoms with Crippen molar-refractivity contribution in [2.75, 3.05) is 18.9 Å². The molecule has 1 aromatic heterocycles. The number of phosphoric acid groups is 1. The summed E-state index contributed by atoms with van der Waals surface area (Å²) in [6.45, 7) is 8.65. The van der Waals surface area contributed by atoms with Crippen LogP contribution < -0.4 is 5.73 Å². The second-order valence-electron chi connectivity index (χ2n) is 6.75. The molecule has 7 nitrogen and oxygen atoms in total. The van der Waals surface area contributed by atoms with E-state index < -0.39 is 7.82 Å². The fraction of sp³-hybridized carbons (Fsp3) is 0.550. The van der Waals surface area contributed by atoms with Crippen LogP contribution >= 0.6 is 7.82 Å². The van der Waals surface area contributed by atoms with E-state index in [1.165, 1.54) is 0 Å². The lowest BCUT2D eigenvalue weighted by Crippen LogP contribution is -2.09. The molecule has 28 heavy (non-hydrogen) atoms. The number of unbranched alkanes of at least 4 members (excludes halogenated alkanes) is 2. The van der Waals surface area contributed by atoms with Gasteiger partial charge in [-0.2, -0.15) is 5.10 Å². The summed E-state index contributed by atoms with van der Waals surface area (Å²) in [7, 11) is -3.63. The van der Waals surface area contributed by atoms with E-state index >= 15 is 0 Å². The van der Waals surface area contributed by atoms with Crippen LogP contribution in [0.3, 0.4) is 0 Å². The molecule has 0 amide bonds. The first-order chi connectivity index (χ1) is 13.4. The molecule has 2 aromatic rings. The third kappa shape index (κ3) is 6.17. The lowest BCUT2D eigenvalue weighted by atomic mass is 10.0. The van der Waals surface area contributed by atoms with E-state index in [0.29, 0.717) is 18.9 Å². The molecule has 0 fully saturated rings. The fourth-order valence-corrected chi connectivity index (χ4v) is 3.95. The topological polar surface area (TPSA) is 88.6 Å². The summed E-state index contributed by atoms with van der Waals surface area (Å²) in [4.78, 5) is 0. The summed E-state index contributed by atoms with van der Waals surface area (Å²) in [5.41, 5.74) is 10.3. The van der Waals surface area contributed by atoms with E-state index in [0.717, 1.165) is 48.2 Å². The number of benzene rings is 1. The van der Waals surface area contributed by atoms with Gasteiger partial charge in [-0.3, -0.25) is 13.6 Å². The molecule has 0 aliphatic carbocycles. The second kappa shape index (κ2) is 10.8. The van der Waals surface area contributed by atoms with Gasteiger partial charge in [-0.1, -0.05) is 38.8 Å². The van der Waals surface area contributed by atoms with Crippen LogP contribution in [0.1, 0.15) is 50.9 Å². The third-order valence-electron chi connectivity index (χ3n) is 4.41. The molecule has 0 aliphatic heterocycles. The number of aryl methyl sites for hydroxylation is 1. The number of nitrogens with two attached hydrogens (primary N) is 1. The van der Waals surface area contributed by atoms with Crippen LogP contribution in [0.4, 0.5) is 5.69 Å². The monoisotopic (exact) mass is 409 g/mol. The molecule has 2 N–H and O–H groups in total. The highest BCUT2D eigenvalue weighted by molar-refractivity contribution is 7.48. The van der Waals surface area contributed by atoms with Gasteiger partial charge in [0.1, 0.15) is 0 Å². The molecule has 0 saturated heterocycles. The van der Waals surface area contributed by atoms with E-state index in [4.69, 9.17) is 19.3 Å². The zero-order valence-corrected chi connectivity index (χ0v) is 18.2. The van der Waals surface area contributed by atoms with Crippen molar-refractivity contribution in [3.05, 3.63) is 35.7 Å². The molecule has 8 heteroatoms. The minimum absolute atomic E-state index is 0.00280. The van der Waals surface area contributed by atoms with Gasteiger partial charge in [-0.05, 0) is 44.4 Å². The summed E-state index contributed by atoms with van der Waals surface area (Å²) < 4.78 is 31.1. The molecule has 0 bridgehead atoms. The highest BCUT2D eigenvalue weighted by Gasteiger charge is 2.27. The minimum Gasteiger partial charge on any atom is -0.399 e. The lowest BCUT2D eigenvalue weighted by Gasteiger charge is -2.18. The van der Waals surface area contributed by atoms with Crippen LogP contribution in [0.15, 0.2) is 24.3 Å². The van der Waals surface area contributed by atoms with Crippen LogP contribution in [0, 0.1) is 13.8 Å². The molecule has 0 spiro atoms. The van der Waals surface area contributed by atoms with Gasteiger partial charge in [-0.15, -0.1) is 0 Å². The summed E-state index contributed by atoms with van der Waals surface area (Å²) in [6, 6.07) is 7.65. The molecule has 1 aromatic carbocycles. The number of rotatable bonds is 12. The van der Waals surface area contributed by atoms with Gasteiger partial charge < -0.3 is 5.73 Å². The Labute approximate surface area is 167 Å². The molecule has 0 radical (unpaired) electrons. The number of hydrogen-bond acceptors (Lipinski definition) is 6. The number of aromatic nitrogens is 2. The van der Waals surface area contributed by atoms with E-state index in [2.05, 4.69) is 5.10 Å². The summed E-state index contributed by atoms with van der Waals surface area (Å²) >= 11 is 0. The van der Waals surface area contributed by atoms with Crippen LogP contribution in [0.2, 0.25) is 0 Å². The van der Waals surface area contributed by atoms with E-state index in [1.54, 1.807) is 4.68 Å². The van der Waals surface area contributed by atoms with E-state index in [-0.39, 0.29) is 6.73 Å². The highest BCUT2D eigenvalue weighted by Crippen LogP contribution is 2.50. The minimum atomic E-state index is -3.63. The Kier molecular flexibility index (Phi) is 8.70. The van der Waals surface area contributed by atoms with Crippen molar-refractivity contribution in [1.29, 1.82) is 0 Å². The predicted octanol–water partition coefficient (Wildman–Crippen LogP) is 5.46. The average molecular weight is 409 g/mol. The number of hydrogen-bond donors (Lipinski definition) is 1. The number of nitrogens with zero attached hydrogens (tertiary/aromatic N) is 2. The van der Waals surface area contributed by atoms with Gasteiger partial charge in [0.15, 0.2) is 6.73 Å². The van der Waals surface area contributed by atoms with Gasteiger partial charge in [0, 0.05) is 16.9 Å². The van der Waals surface area contributed by atoms with Crippen molar-refractivity contribution >= 4 is 13.5 Å². The number of anilines is 1. The Hall–Kier alpha value is -1.66. The molecule has 156 valence electrons. The van der Waals surface area contributed by atoms with Crippen LogP contribution in [-0.4, -0.2) is 23.0 Å². The largest absolute Gasteiger partial charge is 0.476 e. The van der Waals surface area contributed by atoms with Crippen molar-refractivity contribution in [3.8, 4) is 11.1 Å². The van der Waals surface area contributed by atoms with Crippen molar-refractivity contribution in [2.24, 2.45) is 0 Å². The van der Waals surface area contributed by atoms with Gasteiger partial charge in [-0.25, -0.2) is 9.25 Å². The summed E-state index contributed by atoms with van der Waals surface area (Å²) in [5, 5.41) is 4.53. The van der Waals surface area contributed by atoms with Crippen molar-refractivity contribution in [1.82, 2.24) is 9.78 Å². The molecular weight excluding hydrogens is 377 g/mol. The summed E-state index contributed by atoms with van der Waals surface area (Å²) in [5.74, 6) is 0. The van der Waals surface area contributed by atoms with Gasteiger partial charge in [0.2, 0.25) is 0 Å². The molecule has 0 saturated carbocycles. The Balaban J connectivity index is 2.13. The number of phosphoric ester groups is 1. The molecule has 1 heterocycles. The SMILES string of the molecule is CCCCOP(=O)(OCCCC)OCn1nc(C)c(-c2ccc(N)cc2)c1C. The average Bonchev–Trinajstić information content (AvgIpc) is 2.95. The van der Waals surface area contributed by atoms with Gasteiger partial charge in [0.05, 0.1) is 18.9 Å². The van der Waals surface area contributed by atoms with Crippen molar-refractivity contribution < 1.29 is 18.1 Å². The molecule has 2 rings (SSSR count). The van der Waals surface area contributed by atoms with Crippen LogP contribution in [0.25, 0.3) is 11.1 Å². The normalized spacial score (nSPS) is 11.9. The zero-order chi connectivity index (χ0) is 20.6. The Morgan fingerprint density at radius 3 is 2.11 bits per heavy atom.